The maximum absolute atomic E-state index is 12.4. The minimum atomic E-state index is -0.963. The van der Waals surface area contributed by atoms with Crippen LogP contribution in [0.25, 0.3) is 0 Å². The van der Waals surface area contributed by atoms with Gasteiger partial charge in [0.25, 0.3) is 0 Å². The van der Waals surface area contributed by atoms with Crippen LogP contribution in [0.2, 0.25) is 0 Å². The highest BCUT2D eigenvalue weighted by atomic mass is 16.4. The molecule has 0 aromatic heterocycles. The van der Waals surface area contributed by atoms with Gasteiger partial charge in [0.2, 0.25) is 0 Å². The van der Waals surface area contributed by atoms with Crippen LogP contribution in [0.15, 0.2) is 0 Å². The summed E-state index contributed by atoms with van der Waals surface area (Å²) in [5, 5.41) is 8.89. The summed E-state index contributed by atoms with van der Waals surface area (Å²) in [6, 6.07) is -0.0479. The van der Waals surface area contributed by atoms with Crippen molar-refractivity contribution in [2.75, 3.05) is 13.1 Å². The van der Waals surface area contributed by atoms with Gasteiger partial charge in [0, 0.05) is 18.6 Å². The molecule has 1 rings (SSSR count). The van der Waals surface area contributed by atoms with Crippen molar-refractivity contribution in [2.45, 2.75) is 52.6 Å². The molecule has 18 heavy (non-hydrogen) atoms. The molecular formula is C13H24N2O3. The van der Waals surface area contributed by atoms with E-state index in [1.807, 2.05) is 25.7 Å². The Morgan fingerprint density at radius 1 is 1.33 bits per heavy atom. The van der Waals surface area contributed by atoms with Crippen molar-refractivity contribution in [3.05, 3.63) is 0 Å². The molecule has 1 heterocycles. The fourth-order valence-corrected chi connectivity index (χ4v) is 2.34. The van der Waals surface area contributed by atoms with Crippen LogP contribution in [0.4, 0.5) is 4.79 Å². The number of carbonyl (C=O) groups excluding carboxylic acids is 1. The molecule has 0 aliphatic carbocycles. The molecule has 2 amide bonds. The van der Waals surface area contributed by atoms with E-state index in [0.29, 0.717) is 5.92 Å². The van der Waals surface area contributed by atoms with Crippen molar-refractivity contribution >= 4 is 12.0 Å². The van der Waals surface area contributed by atoms with Crippen molar-refractivity contribution in [3.63, 3.8) is 0 Å². The number of carboxylic acids is 1. The Balaban J connectivity index is 2.77. The summed E-state index contributed by atoms with van der Waals surface area (Å²) >= 11 is 0. The highest BCUT2D eigenvalue weighted by Gasteiger charge is 2.31. The van der Waals surface area contributed by atoms with E-state index in [1.165, 1.54) is 4.90 Å². The van der Waals surface area contributed by atoms with Crippen LogP contribution < -0.4 is 0 Å². The van der Waals surface area contributed by atoms with Crippen molar-refractivity contribution in [3.8, 4) is 0 Å². The number of carbonyl (C=O) groups is 2. The molecule has 0 spiro atoms. The number of aliphatic carboxylic acids is 1. The molecule has 104 valence electrons. The molecule has 1 N–H and O–H groups in total. The largest absolute Gasteiger partial charge is 0.480 e. The normalized spacial score (nSPS) is 24.2. The molecule has 5 heteroatoms. The SMILES string of the molecule is CC1CCC(C)N(C(=O)N(CC(=O)O)C(C)C)C1. The molecule has 5 nitrogen and oxygen atoms in total. The van der Waals surface area contributed by atoms with Crippen LogP contribution >= 0.6 is 0 Å². The molecule has 0 aromatic rings. The number of hydrogen-bond acceptors (Lipinski definition) is 2. The number of nitrogens with zero attached hydrogens (tertiary/aromatic N) is 2. The zero-order chi connectivity index (χ0) is 13.9. The second-order valence-electron chi connectivity index (χ2n) is 5.58. The summed E-state index contributed by atoms with van der Waals surface area (Å²) in [6.07, 6.45) is 2.12. The van der Waals surface area contributed by atoms with Crippen LogP contribution in [-0.4, -0.2) is 52.1 Å². The van der Waals surface area contributed by atoms with Gasteiger partial charge in [0.1, 0.15) is 6.54 Å². The van der Waals surface area contributed by atoms with Crippen LogP contribution in [0.5, 0.6) is 0 Å². The molecular weight excluding hydrogens is 232 g/mol. The van der Waals surface area contributed by atoms with Gasteiger partial charge in [-0.05, 0) is 39.5 Å². The van der Waals surface area contributed by atoms with Gasteiger partial charge in [0.15, 0.2) is 0 Å². The van der Waals surface area contributed by atoms with Gasteiger partial charge < -0.3 is 14.9 Å². The number of hydrogen-bond donors (Lipinski definition) is 1. The van der Waals surface area contributed by atoms with Gasteiger partial charge in [-0.15, -0.1) is 0 Å². The summed E-state index contributed by atoms with van der Waals surface area (Å²) in [6.45, 7) is 8.35. The Bertz CT molecular complexity index is 317. The Labute approximate surface area is 109 Å². The minimum Gasteiger partial charge on any atom is -0.480 e. The number of carboxylic acid groups (broad SMARTS) is 1. The third kappa shape index (κ3) is 3.62. The first-order valence-electron chi connectivity index (χ1n) is 6.62. The Morgan fingerprint density at radius 3 is 2.44 bits per heavy atom. The van der Waals surface area contributed by atoms with E-state index in [9.17, 15) is 9.59 Å². The third-order valence-electron chi connectivity index (χ3n) is 3.54. The van der Waals surface area contributed by atoms with E-state index in [2.05, 4.69) is 6.92 Å². The van der Waals surface area contributed by atoms with Gasteiger partial charge >= 0.3 is 12.0 Å². The van der Waals surface area contributed by atoms with E-state index in [1.54, 1.807) is 0 Å². The molecule has 2 atom stereocenters. The predicted octanol–water partition coefficient (Wildman–Crippen LogP) is 2.02. The Hall–Kier alpha value is -1.26. The highest BCUT2D eigenvalue weighted by Crippen LogP contribution is 2.23. The first kappa shape index (κ1) is 14.8. The standard InChI is InChI=1S/C13H24N2O3/c1-9(2)14(8-12(16)17)13(18)15-7-10(3)5-6-11(15)4/h9-11H,5-8H2,1-4H3,(H,16,17). The van der Waals surface area contributed by atoms with Crippen molar-refractivity contribution in [1.82, 2.24) is 9.80 Å². The highest BCUT2D eigenvalue weighted by molar-refractivity contribution is 5.80. The second kappa shape index (κ2) is 6.07. The van der Waals surface area contributed by atoms with E-state index >= 15 is 0 Å². The smallest absolute Gasteiger partial charge is 0.323 e. The van der Waals surface area contributed by atoms with E-state index in [-0.39, 0.29) is 24.7 Å². The lowest BCUT2D eigenvalue weighted by Gasteiger charge is -2.40. The first-order chi connectivity index (χ1) is 8.32. The van der Waals surface area contributed by atoms with Gasteiger partial charge in [-0.3, -0.25) is 4.79 Å². The fourth-order valence-electron chi connectivity index (χ4n) is 2.34. The lowest BCUT2D eigenvalue weighted by Crippen LogP contribution is -2.54. The summed E-state index contributed by atoms with van der Waals surface area (Å²) in [7, 11) is 0. The summed E-state index contributed by atoms with van der Waals surface area (Å²) in [4.78, 5) is 26.5. The lowest BCUT2D eigenvalue weighted by atomic mass is 9.95. The Morgan fingerprint density at radius 2 is 1.94 bits per heavy atom. The predicted molar refractivity (Wildman–Crippen MR) is 69.4 cm³/mol. The average Bonchev–Trinajstić information content (AvgIpc) is 2.27. The first-order valence-corrected chi connectivity index (χ1v) is 6.62. The molecule has 1 saturated heterocycles. The zero-order valence-corrected chi connectivity index (χ0v) is 11.7. The summed E-state index contributed by atoms with van der Waals surface area (Å²) in [5.41, 5.74) is 0. The van der Waals surface area contributed by atoms with Gasteiger partial charge in [-0.25, -0.2) is 4.79 Å². The monoisotopic (exact) mass is 256 g/mol. The van der Waals surface area contributed by atoms with Crippen LogP contribution in [0, 0.1) is 5.92 Å². The van der Waals surface area contributed by atoms with Gasteiger partial charge in [-0.2, -0.15) is 0 Å². The molecule has 0 radical (unpaired) electrons. The van der Waals surface area contributed by atoms with Crippen LogP contribution in [-0.2, 0) is 4.79 Å². The van der Waals surface area contributed by atoms with E-state index in [4.69, 9.17) is 5.11 Å². The molecule has 1 aliphatic heterocycles. The van der Waals surface area contributed by atoms with Crippen molar-refractivity contribution < 1.29 is 14.7 Å². The third-order valence-corrected chi connectivity index (χ3v) is 3.54. The molecule has 1 fully saturated rings. The minimum absolute atomic E-state index is 0.0990. The maximum atomic E-state index is 12.4. The molecule has 2 unspecified atom stereocenters. The number of piperidine rings is 1. The quantitative estimate of drug-likeness (QED) is 0.840. The van der Waals surface area contributed by atoms with Crippen LogP contribution in [0.1, 0.15) is 40.5 Å². The zero-order valence-electron chi connectivity index (χ0n) is 11.7. The summed E-state index contributed by atoms with van der Waals surface area (Å²) < 4.78 is 0. The van der Waals surface area contributed by atoms with Crippen LogP contribution in [0.3, 0.4) is 0 Å². The maximum Gasteiger partial charge on any atom is 0.323 e. The average molecular weight is 256 g/mol. The lowest BCUT2D eigenvalue weighted by molar-refractivity contribution is -0.138. The second-order valence-corrected chi connectivity index (χ2v) is 5.58. The summed E-state index contributed by atoms with van der Waals surface area (Å²) in [5.74, 6) is -0.473. The van der Waals surface area contributed by atoms with Gasteiger partial charge in [-0.1, -0.05) is 6.92 Å². The van der Waals surface area contributed by atoms with Crippen molar-refractivity contribution in [2.24, 2.45) is 5.92 Å². The van der Waals surface area contributed by atoms with E-state index in [0.717, 1.165) is 19.4 Å². The van der Waals surface area contributed by atoms with E-state index < -0.39 is 5.97 Å². The Kier molecular flexibility index (Phi) is 4.99. The number of amides is 2. The number of likely N-dealkylation sites (tertiary alicyclic amines) is 1. The van der Waals surface area contributed by atoms with Gasteiger partial charge in [0.05, 0.1) is 0 Å². The topological polar surface area (TPSA) is 60.9 Å². The molecule has 0 saturated carbocycles. The molecule has 1 aliphatic rings. The molecule has 0 bridgehead atoms. The number of rotatable bonds is 3. The van der Waals surface area contributed by atoms with Crippen molar-refractivity contribution in [1.29, 1.82) is 0 Å². The fraction of sp³-hybridized carbons (Fsp3) is 0.846. The number of urea groups is 1. The molecule has 0 aromatic carbocycles.